The van der Waals surface area contributed by atoms with E-state index in [1.165, 1.54) is 0 Å². The fourth-order valence-corrected chi connectivity index (χ4v) is 0.916. The van der Waals surface area contributed by atoms with Crippen molar-refractivity contribution in [2.45, 2.75) is 32.0 Å². The molecule has 0 bridgehead atoms. The van der Waals surface area contributed by atoms with Crippen molar-refractivity contribution in [3.8, 4) is 0 Å². The lowest BCUT2D eigenvalue weighted by Crippen LogP contribution is -2.45. The summed E-state index contributed by atoms with van der Waals surface area (Å²) in [5.41, 5.74) is -0.168. The summed E-state index contributed by atoms with van der Waals surface area (Å²) in [6, 6.07) is 0. The second kappa shape index (κ2) is 4.18. The number of aliphatic hydroxyl groups is 1. The molecule has 2 unspecified atom stereocenters. The lowest BCUT2D eigenvalue weighted by Gasteiger charge is -2.35. The lowest BCUT2D eigenvalue weighted by molar-refractivity contribution is -0.468. The van der Waals surface area contributed by atoms with Gasteiger partial charge in [-0.25, -0.2) is 9.78 Å². The molecule has 1 N–H and O–H groups in total. The Balaban J connectivity index is 1.95. The van der Waals surface area contributed by atoms with Crippen LogP contribution in [0.1, 0.15) is 20.3 Å². The minimum absolute atomic E-state index is 0.168. The molecule has 1 saturated heterocycles. The van der Waals surface area contributed by atoms with Gasteiger partial charge in [0, 0.05) is 13.0 Å². The third kappa shape index (κ3) is 3.06. The molecule has 4 nitrogen and oxygen atoms in total. The molecule has 0 aromatic carbocycles. The lowest BCUT2D eigenvalue weighted by atomic mass is 10.0. The maximum Gasteiger partial charge on any atom is 0.129 e. The van der Waals surface area contributed by atoms with Gasteiger partial charge in [0.15, 0.2) is 0 Å². The molecule has 0 radical (unpaired) electrons. The summed E-state index contributed by atoms with van der Waals surface area (Å²) in [7, 11) is 0. The van der Waals surface area contributed by atoms with Gasteiger partial charge >= 0.3 is 0 Å². The van der Waals surface area contributed by atoms with Gasteiger partial charge in [0.1, 0.15) is 12.2 Å². The zero-order valence-corrected chi connectivity index (χ0v) is 7.58. The Morgan fingerprint density at radius 3 is 2.75 bits per heavy atom. The highest BCUT2D eigenvalue weighted by molar-refractivity contribution is 4.76. The van der Waals surface area contributed by atoms with Crippen molar-refractivity contribution in [3.05, 3.63) is 0 Å². The first-order valence-corrected chi connectivity index (χ1v) is 4.19. The van der Waals surface area contributed by atoms with Crippen LogP contribution in [0.15, 0.2) is 0 Å². The Morgan fingerprint density at radius 1 is 1.67 bits per heavy atom. The molecule has 2 atom stereocenters. The quantitative estimate of drug-likeness (QED) is 0.489. The second-order valence-electron chi connectivity index (χ2n) is 3.47. The van der Waals surface area contributed by atoms with Crippen LogP contribution in [0.4, 0.5) is 0 Å². The van der Waals surface area contributed by atoms with Crippen LogP contribution in [0.5, 0.6) is 0 Å². The van der Waals surface area contributed by atoms with E-state index in [0.29, 0.717) is 19.8 Å². The van der Waals surface area contributed by atoms with Crippen LogP contribution in [0.3, 0.4) is 0 Å². The van der Waals surface area contributed by atoms with Crippen LogP contribution in [-0.2, 0) is 14.5 Å². The van der Waals surface area contributed by atoms with Crippen molar-refractivity contribution < 1.29 is 19.6 Å². The number of hydrogen-bond acceptors (Lipinski definition) is 4. The largest absolute Gasteiger partial charge is 0.391 e. The maximum absolute atomic E-state index is 8.87. The number of rotatable bonds is 5. The molecule has 12 heavy (non-hydrogen) atoms. The summed E-state index contributed by atoms with van der Waals surface area (Å²) in [5.74, 6) is 0. The zero-order chi connectivity index (χ0) is 9.03. The Hall–Kier alpha value is -0.160. The van der Waals surface area contributed by atoms with Gasteiger partial charge in [-0.2, -0.15) is 0 Å². The summed E-state index contributed by atoms with van der Waals surface area (Å²) in [4.78, 5) is 9.49. The van der Waals surface area contributed by atoms with Gasteiger partial charge in [-0.3, -0.25) is 0 Å². The molecule has 0 saturated carbocycles. The van der Waals surface area contributed by atoms with Crippen LogP contribution < -0.4 is 0 Å². The summed E-state index contributed by atoms with van der Waals surface area (Å²) in [6.07, 6.45) is 0.413. The third-order valence-corrected chi connectivity index (χ3v) is 1.76. The van der Waals surface area contributed by atoms with E-state index in [1.807, 2.05) is 6.92 Å². The van der Waals surface area contributed by atoms with E-state index in [2.05, 4.69) is 4.89 Å². The van der Waals surface area contributed by atoms with E-state index in [9.17, 15) is 0 Å². The Bertz CT molecular complexity index is 131. The minimum Gasteiger partial charge on any atom is -0.391 e. The van der Waals surface area contributed by atoms with Crippen molar-refractivity contribution in [2.24, 2.45) is 0 Å². The number of aliphatic hydroxyl groups excluding tert-OH is 1. The van der Waals surface area contributed by atoms with Gasteiger partial charge in [0.2, 0.25) is 0 Å². The highest BCUT2D eigenvalue weighted by Crippen LogP contribution is 2.24. The smallest absolute Gasteiger partial charge is 0.129 e. The van der Waals surface area contributed by atoms with Crippen LogP contribution in [0.25, 0.3) is 0 Å². The van der Waals surface area contributed by atoms with E-state index >= 15 is 0 Å². The Morgan fingerprint density at radius 2 is 2.33 bits per heavy atom. The van der Waals surface area contributed by atoms with E-state index in [0.717, 1.165) is 6.42 Å². The molecule has 4 heteroatoms. The molecule has 72 valence electrons. The molecule has 0 amide bonds. The molecule has 0 spiro atoms. The zero-order valence-electron chi connectivity index (χ0n) is 7.58. The Labute approximate surface area is 72.4 Å². The molecule has 0 aromatic rings. The first-order valence-electron chi connectivity index (χ1n) is 4.19. The number of hydrogen-bond donors (Lipinski definition) is 1. The van der Waals surface area contributed by atoms with E-state index < -0.39 is 6.10 Å². The van der Waals surface area contributed by atoms with E-state index in [1.54, 1.807) is 6.92 Å². The number of ether oxygens (including phenoxy) is 1. The summed E-state index contributed by atoms with van der Waals surface area (Å²) in [5, 5.41) is 8.87. The second-order valence-corrected chi connectivity index (χ2v) is 3.47. The van der Waals surface area contributed by atoms with Gasteiger partial charge in [0.05, 0.1) is 12.7 Å². The van der Waals surface area contributed by atoms with E-state index in [4.69, 9.17) is 14.7 Å². The van der Waals surface area contributed by atoms with Crippen molar-refractivity contribution in [1.29, 1.82) is 0 Å². The highest BCUT2D eigenvalue weighted by atomic mass is 17.2. The monoisotopic (exact) mass is 176 g/mol. The predicted molar refractivity (Wildman–Crippen MR) is 42.6 cm³/mol. The van der Waals surface area contributed by atoms with Gasteiger partial charge in [-0.15, -0.1) is 0 Å². The molecule has 1 aliphatic rings. The van der Waals surface area contributed by atoms with Crippen LogP contribution >= 0.6 is 0 Å². The average molecular weight is 176 g/mol. The molecule has 0 aromatic heterocycles. The highest BCUT2D eigenvalue weighted by Gasteiger charge is 2.35. The van der Waals surface area contributed by atoms with Crippen LogP contribution in [0.2, 0.25) is 0 Å². The maximum atomic E-state index is 8.87. The molecule has 1 rings (SSSR count). The van der Waals surface area contributed by atoms with Gasteiger partial charge in [0.25, 0.3) is 0 Å². The van der Waals surface area contributed by atoms with E-state index in [-0.39, 0.29) is 5.60 Å². The van der Waals surface area contributed by atoms with Crippen LogP contribution in [0, 0.1) is 0 Å². The summed E-state index contributed by atoms with van der Waals surface area (Å²) in [6.45, 7) is 5.29. The molecule has 1 heterocycles. The summed E-state index contributed by atoms with van der Waals surface area (Å²) < 4.78 is 5.18. The topological polar surface area (TPSA) is 47.9 Å². The van der Waals surface area contributed by atoms with Crippen LogP contribution in [-0.4, -0.2) is 36.6 Å². The van der Waals surface area contributed by atoms with Crippen molar-refractivity contribution >= 4 is 0 Å². The Kier molecular flexibility index (Phi) is 3.46. The normalized spacial score (nSPS) is 31.2. The molecule has 1 aliphatic heterocycles. The average Bonchev–Trinajstić information content (AvgIpc) is 1.94. The van der Waals surface area contributed by atoms with Gasteiger partial charge < -0.3 is 9.84 Å². The minimum atomic E-state index is -0.392. The summed E-state index contributed by atoms with van der Waals surface area (Å²) >= 11 is 0. The molecule has 0 aliphatic carbocycles. The fraction of sp³-hybridized carbons (Fsp3) is 1.00. The molecule has 1 fully saturated rings. The fourth-order valence-electron chi connectivity index (χ4n) is 0.916. The van der Waals surface area contributed by atoms with Crippen molar-refractivity contribution in [1.82, 2.24) is 0 Å². The first kappa shape index (κ1) is 9.92. The predicted octanol–water partition coefficient (Wildman–Crippen LogP) is 0.494. The SMILES string of the molecule is CC(O)COCCC1(C)COO1. The molecular formula is C8H16O4. The molecular weight excluding hydrogens is 160 g/mol. The van der Waals surface area contributed by atoms with Gasteiger partial charge in [-0.1, -0.05) is 0 Å². The van der Waals surface area contributed by atoms with Gasteiger partial charge in [-0.05, 0) is 13.8 Å². The first-order chi connectivity index (χ1) is 5.62. The third-order valence-electron chi connectivity index (χ3n) is 1.76. The van der Waals surface area contributed by atoms with Crippen molar-refractivity contribution in [2.75, 3.05) is 19.8 Å². The standard InChI is InChI=1S/C8H16O4/c1-7(9)5-10-4-3-8(2)6-11-12-8/h7,9H,3-6H2,1-2H3. The van der Waals surface area contributed by atoms with Crippen molar-refractivity contribution in [3.63, 3.8) is 0 Å².